The summed E-state index contributed by atoms with van der Waals surface area (Å²) in [4.78, 5) is 24.6. The second-order valence-electron chi connectivity index (χ2n) is 5.66. The number of carbonyl (C=O) groups is 2. The van der Waals surface area contributed by atoms with E-state index in [0.717, 1.165) is 5.56 Å². The third-order valence-electron chi connectivity index (χ3n) is 3.77. The van der Waals surface area contributed by atoms with Crippen LogP contribution in [0.1, 0.15) is 21.6 Å². The van der Waals surface area contributed by atoms with Gasteiger partial charge in [-0.05, 0) is 36.8 Å². The average molecular weight is 318 g/mol. The fourth-order valence-electron chi connectivity index (χ4n) is 2.47. The topological polar surface area (TPSA) is 51.1 Å². The Kier molecular flexibility index (Phi) is 4.57. The maximum absolute atomic E-state index is 12.4. The lowest BCUT2D eigenvalue weighted by Crippen LogP contribution is -2.25. The Bertz CT molecular complexity index is 849. The molecule has 1 N–H and O–H groups in total. The molecule has 0 aliphatic rings. The van der Waals surface area contributed by atoms with Crippen molar-refractivity contribution in [3.63, 3.8) is 0 Å². The SMILES string of the molecule is Cc1ccc(Cn2cccc2C(=O)C(=O)Nc2ccccc2)cc1. The Balaban J connectivity index is 1.75. The maximum Gasteiger partial charge on any atom is 0.298 e. The molecule has 24 heavy (non-hydrogen) atoms. The van der Waals surface area contributed by atoms with Crippen molar-refractivity contribution in [2.75, 3.05) is 5.32 Å². The number of nitrogens with zero attached hydrogens (tertiary/aromatic N) is 1. The van der Waals surface area contributed by atoms with E-state index >= 15 is 0 Å². The van der Waals surface area contributed by atoms with E-state index < -0.39 is 11.7 Å². The molecule has 0 aliphatic heterocycles. The molecule has 0 saturated heterocycles. The number of benzene rings is 2. The number of anilines is 1. The molecular weight excluding hydrogens is 300 g/mol. The molecule has 0 radical (unpaired) electrons. The van der Waals surface area contributed by atoms with Crippen LogP contribution in [-0.2, 0) is 11.3 Å². The minimum atomic E-state index is -0.634. The van der Waals surface area contributed by atoms with Gasteiger partial charge in [0.1, 0.15) is 0 Å². The zero-order valence-corrected chi connectivity index (χ0v) is 13.4. The molecule has 1 aromatic heterocycles. The molecular formula is C20H18N2O2. The van der Waals surface area contributed by atoms with Gasteiger partial charge in [-0.25, -0.2) is 0 Å². The van der Waals surface area contributed by atoms with Crippen molar-refractivity contribution in [3.05, 3.63) is 89.7 Å². The fourth-order valence-corrected chi connectivity index (χ4v) is 2.47. The maximum atomic E-state index is 12.4. The summed E-state index contributed by atoms with van der Waals surface area (Å²) in [5, 5.41) is 2.63. The number of hydrogen-bond donors (Lipinski definition) is 1. The molecule has 0 saturated carbocycles. The van der Waals surface area contributed by atoms with E-state index in [4.69, 9.17) is 0 Å². The minimum absolute atomic E-state index is 0.379. The number of ketones is 1. The number of aromatic nitrogens is 1. The Morgan fingerprint density at radius 1 is 0.917 bits per heavy atom. The van der Waals surface area contributed by atoms with Crippen molar-refractivity contribution in [2.24, 2.45) is 0 Å². The molecule has 2 aromatic carbocycles. The zero-order valence-electron chi connectivity index (χ0n) is 13.4. The highest BCUT2D eigenvalue weighted by atomic mass is 16.2. The molecule has 1 heterocycles. The van der Waals surface area contributed by atoms with Crippen molar-refractivity contribution in [1.29, 1.82) is 0 Å². The lowest BCUT2D eigenvalue weighted by molar-refractivity contribution is -0.112. The Labute approximate surface area is 140 Å². The highest BCUT2D eigenvalue weighted by Gasteiger charge is 2.19. The summed E-state index contributed by atoms with van der Waals surface area (Å²) in [5.41, 5.74) is 3.25. The lowest BCUT2D eigenvalue weighted by Gasteiger charge is -2.09. The van der Waals surface area contributed by atoms with E-state index in [1.54, 1.807) is 41.0 Å². The third-order valence-corrected chi connectivity index (χ3v) is 3.77. The minimum Gasteiger partial charge on any atom is -0.340 e. The van der Waals surface area contributed by atoms with Crippen LogP contribution >= 0.6 is 0 Å². The Morgan fingerprint density at radius 3 is 2.33 bits per heavy atom. The van der Waals surface area contributed by atoms with Gasteiger partial charge in [0.2, 0.25) is 0 Å². The van der Waals surface area contributed by atoms with E-state index in [1.807, 2.05) is 43.5 Å². The van der Waals surface area contributed by atoms with E-state index in [0.29, 0.717) is 17.9 Å². The number of Topliss-reactive ketones (excluding diaryl/α,β-unsaturated/α-hetero) is 1. The summed E-state index contributed by atoms with van der Waals surface area (Å²) >= 11 is 0. The van der Waals surface area contributed by atoms with Gasteiger partial charge >= 0.3 is 0 Å². The smallest absolute Gasteiger partial charge is 0.298 e. The molecule has 0 spiro atoms. The van der Waals surface area contributed by atoms with Crippen LogP contribution in [0.4, 0.5) is 5.69 Å². The van der Waals surface area contributed by atoms with Crippen LogP contribution in [0.15, 0.2) is 72.9 Å². The molecule has 4 heteroatoms. The number of aryl methyl sites for hydroxylation is 1. The zero-order chi connectivity index (χ0) is 16.9. The van der Waals surface area contributed by atoms with Gasteiger partial charge in [0, 0.05) is 18.4 Å². The van der Waals surface area contributed by atoms with Crippen molar-refractivity contribution in [1.82, 2.24) is 4.57 Å². The van der Waals surface area contributed by atoms with Crippen molar-refractivity contribution < 1.29 is 9.59 Å². The van der Waals surface area contributed by atoms with E-state index in [1.165, 1.54) is 5.56 Å². The van der Waals surface area contributed by atoms with Crippen LogP contribution in [-0.4, -0.2) is 16.3 Å². The van der Waals surface area contributed by atoms with Crippen molar-refractivity contribution >= 4 is 17.4 Å². The van der Waals surface area contributed by atoms with Crippen molar-refractivity contribution in [2.45, 2.75) is 13.5 Å². The average Bonchev–Trinajstić information content (AvgIpc) is 3.05. The molecule has 120 valence electrons. The number of carbonyl (C=O) groups excluding carboxylic acids is 2. The molecule has 3 aromatic rings. The summed E-state index contributed by atoms with van der Waals surface area (Å²) in [5.74, 6) is -1.18. The van der Waals surface area contributed by atoms with Gasteiger partial charge < -0.3 is 9.88 Å². The first-order valence-electron chi connectivity index (χ1n) is 7.75. The van der Waals surface area contributed by atoms with Crippen molar-refractivity contribution in [3.8, 4) is 0 Å². The van der Waals surface area contributed by atoms with Crippen LogP contribution in [0, 0.1) is 6.92 Å². The summed E-state index contributed by atoms with van der Waals surface area (Å²) in [6, 6.07) is 20.5. The predicted octanol–water partition coefficient (Wildman–Crippen LogP) is 3.67. The van der Waals surface area contributed by atoms with E-state index in [-0.39, 0.29) is 0 Å². The largest absolute Gasteiger partial charge is 0.340 e. The molecule has 0 atom stereocenters. The van der Waals surface area contributed by atoms with Crippen LogP contribution in [0.2, 0.25) is 0 Å². The number of rotatable bonds is 5. The van der Waals surface area contributed by atoms with Crippen LogP contribution in [0.5, 0.6) is 0 Å². The summed E-state index contributed by atoms with van der Waals surface area (Å²) in [6.07, 6.45) is 1.81. The molecule has 1 amide bonds. The van der Waals surface area contributed by atoms with Gasteiger partial charge in [-0.15, -0.1) is 0 Å². The first kappa shape index (κ1) is 15.7. The first-order valence-corrected chi connectivity index (χ1v) is 7.75. The van der Waals surface area contributed by atoms with Gasteiger partial charge in [0.25, 0.3) is 11.7 Å². The number of nitrogens with one attached hydrogen (secondary N) is 1. The predicted molar refractivity (Wildman–Crippen MR) is 94.1 cm³/mol. The van der Waals surface area contributed by atoms with Gasteiger partial charge in [-0.3, -0.25) is 9.59 Å². The van der Waals surface area contributed by atoms with Gasteiger partial charge in [0.05, 0.1) is 5.69 Å². The first-order chi connectivity index (χ1) is 11.6. The van der Waals surface area contributed by atoms with Crippen LogP contribution in [0.25, 0.3) is 0 Å². The van der Waals surface area contributed by atoms with E-state index in [2.05, 4.69) is 5.32 Å². The number of hydrogen-bond acceptors (Lipinski definition) is 2. The van der Waals surface area contributed by atoms with Crippen LogP contribution < -0.4 is 5.32 Å². The molecule has 0 fully saturated rings. The highest BCUT2D eigenvalue weighted by molar-refractivity contribution is 6.46. The van der Waals surface area contributed by atoms with Gasteiger partial charge in [-0.2, -0.15) is 0 Å². The second kappa shape index (κ2) is 6.96. The molecule has 3 rings (SSSR count). The Morgan fingerprint density at radius 2 is 1.62 bits per heavy atom. The summed E-state index contributed by atoms with van der Waals surface area (Å²) in [7, 11) is 0. The Hall–Kier alpha value is -3.14. The molecule has 4 nitrogen and oxygen atoms in total. The molecule has 0 unspecified atom stereocenters. The fraction of sp³-hybridized carbons (Fsp3) is 0.100. The van der Waals surface area contributed by atoms with E-state index in [9.17, 15) is 9.59 Å². The quantitative estimate of drug-likeness (QED) is 0.576. The number of amides is 1. The third kappa shape index (κ3) is 3.60. The number of para-hydroxylation sites is 1. The summed E-state index contributed by atoms with van der Waals surface area (Å²) in [6.45, 7) is 2.58. The lowest BCUT2D eigenvalue weighted by atomic mass is 10.1. The van der Waals surface area contributed by atoms with Gasteiger partial charge in [-0.1, -0.05) is 48.0 Å². The monoisotopic (exact) mass is 318 g/mol. The molecule has 0 bridgehead atoms. The second-order valence-corrected chi connectivity index (χ2v) is 5.66. The van der Waals surface area contributed by atoms with Crippen LogP contribution in [0.3, 0.4) is 0 Å². The highest BCUT2D eigenvalue weighted by Crippen LogP contribution is 2.12. The standard InChI is InChI=1S/C20H18N2O2/c1-15-9-11-16(12-10-15)14-22-13-5-8-18(22)19(23)20(24)21-17-6-3-2-4-7-17/h2-13H,14H2,1H3,(H,21,24). The normalized spacial score (nSPS) is 10.4. The van der Waals surface area contributed by atoms with Gasteiger partial charge in [0.15, 0.2) is 0 Å². The molecule has 0 aliphatic carbocycles. The summed E-state index contributed by atoms with van der Waals surface area (Å²) < 4.78 is 1.79.